The zero-order chi connectivity index (χ0) is 12.0. The molecule has 0 unspecified atom stereocenters. The molecule has 0 fully saturated rings. The van der Waals surface area contributed by atoms with E-state index < -0.39 is 0 Å². The lowest BCUT2D eigenvalue weighted by atomic mass is 10.2. The van der Waals surface area contributed by atoms with Crippen LogP contribution in [0.15, 0.2) is 24.3 Å². The Morgan fingerprint density at radius 2 is 2.12 bits per heavy atom. The molecular formula is C12H16O4. The summed E-state index contributed by atoms with van der Waals surface area (Å²) in [5.41, 5.74) is 0.474. The Hall–Kier alpha value is -1.55. The van der Waals surface area contributed by atoms with Gasteiger partial charge in [0.2, 0.25) is 0 Å². The first-order chi connectivity index (χ1) is 7.67. The van der Waals surface area contributed by atoms with Gasteiger partial charge in [-0.1, -0.05) is 6.07 Å². The van der Waals surface area contributed by atoms with E-state index in [0.717, 1.165) is 0 Å². The Morgan fingerprint density at radius 3 is 2.75 bits per heavy atom. The van der Waals surface area contributed by atoms with E-state index in [0.29, 0.717) is 17.9 Å². The zero-order valence-corrected chi connectivity index (χ0v) is 9.73. The molecule has 0 aliphatic rings. The second-order valence-corrected chi connectivity index (χ2v) is 3.40. The number of methoxy groups -OCH3 is 2. The second kappa shape index (κ2) is 6.12. The van der Waals surface area contributed by atoms with Crippen molar-refractivity contribution in [1.29, 1.82) is 0 Å². The molecule has 0 saturated heterocycles. The molecule has 0 radical (unpaired) electrons. The van der Waals surface area contributed by atoms with Crippen molar-refractivity contribution in [2.75, 3.05) is 20.8 Å². The van der Waals surface area contributed by atoms with Crippen molar-refractivity contribution < 1.29 is 19.0 Å². The third-order valence-corrected chi connectivity index (χ3v) is 2.02. The Morgan fingerprint density at radius 1 is 1.38 bits per heavy atom. The molecule has 1 aromatic carbocycles. The van der Waals surface area contributed by atoms with Gasteiger partial charge in [-0.05, 0) is 25.1 Å². The molecule has 0 heterocycles. The first-order valence-corrected chi connectivity index (χ1v) is 5.01. The SMILES string of the molecule is COC[C@@H](C)OC(=O)c1cccc(OC)c1. The van der Waals surface area contributed by atoms with Gasteiger partial charge in [0.1, 0.15) is 11.9 Å². The summed E-state index contributed by atoms with van der Waals surface area (Å²) in [6, 6.07) is 6.85. The second-order valence-electron chi connectivity index (χ2n) is 3.40. The van der Waals surface area contributed by atoms with E-state index in [1.807, 2.05) is 0 Å². The summed E-state index contributed by atoms with van der Waals surface area (Å²) >= 11 is 0. The Kier molecular flexibility index (Phi) is 4.79. The van der Waals surface area contributed by atoms with Crippen molar-refractivity contribution in [3.63, 3.8) is 0 Å². The van der Waals surface area contributed by atoms with Crippen LogP contribution in [0.4, 0.5) is 0 Å². The molecule has 1 atom stereocenters. The first-order valence-electron chi connectivity index (χ1n) is 5.01. The minimum absolute atomic E-state index is 0.260. The molecular weight excluding hydrogens is 208 g/mol. The van der Waals surface area contributed by atoms with Crippen molar-refractivity contribution in [3.05, 3.63) is 29.8 Å². The van der Waals surface area contributed by atoms with Crippen LogP contribution in [0.1, 0.15) is 17.3 Å². The summed E-state index contributed by atoms with van der Waals surface area (Å²) in [4.78, 5) is 11.7. The van der Waals surface area contributed by atoms with E-state index in [1.165, 1.54) is 0 Å². The largest absolute Gasteiger partial charge is 0.497 e. The number of carbonyl (C=O) groups excluding carboxylic acids is 1. The molecule has 0 aliphatic heterocycles. The Bertz CT molecular complexity index is 349. The highest BCUT2D eigenvalue weighted by atomic mass is 16.6. The minimum atomic E-state index is -0.372. The monoisotopic (exact) mass is 224 g/mol. The number of benzene rings is 1. The fraction of sp³-hybridized carbons (Fsp3) is 0.417. The molecule has 0 aromatic heterocycles. The summed E-state index contributed by atoms with van der Waals surface area (Å²) in [6.45, 7) is 2.16. The maximum absolute atomic E-state index is 11.7. The summed E-state index contributed by atoms with van der Waals surface area (Å²) in [5, 5.41) is 0. The summed E-state index contributed by atoms with van der Waals surface area (Å²) in [5.74, 6) is 0.261. The van der Waals surface area contributed by atoms with E-state index in [4.69, 9.17) is 14.2 Å². The molecule has 0 saturated carbocycles. The standard InChI is InChI=1S/C12H16O4/c1-9(8-14-2)16-12(13)10-5-4-6-11(7-10)15-3/h4-7,9H,8H2,1-3H3/t9-/m1/s1. The number of hydrogen-bond acceptors (Lipinski definition) is 4. The highest BCUT2D eigenvalue weighted by Crippen LogP contribution is 2.13. The molecule has 0 N–H and O–H groups in total. The Labute approximate surface area is 95.1 Å². The molecule has 16 heavy (non-hydrogen) atoms. The van der Waals surface area contributed by atoms with Crippen LogP contribution in [0.25, 0.3) is 0 Å². The molecule has 1 rings (SSSR count). The number of carbonyl (C=O) groups is 1. The van der Waals surface area contributed by atoms with Crippen LogP contribution in [0, 0.1) is 0 Å². The van der Waals surface area contributed by atoms with E-state index in [9.17, 15) is 4.79 Å². The van der Waals surface area contributed by atoms with Gasteiger partial charge in [-0.2, -0.15) is 0 Å². The highest BCUT2D eigenvalue weighted by Gasteiger charge is 2.12. The average Bonchev–Trinajstić information content (AvgIpc) is 2.29. The molecule has 0 amide bonds. The number of esters is 1. The summed E-state index contributed by atoms with van der Waals surface area (Å²) in [7, 11) is 3.12. The summed E-state index contributed by atoms with van der Waals surface area (Å²) in [6.07, 6.45) is -0.260. The quantitative estimate of drug-likeness (QED) is 0.716. The fourth-order valence-corrected chi connectivity index (χ4v) is 1.27. The lowest BCUT2D eigenvalue weighted by molar-refractivity contribution is 0.0120. The molecule has 88 valence electrons. The van der Waals surface area contributed by atoms with Gasteiger partial charge in [0.25, 0.3) is 0 Å². The van der Waals surface area contributed by atoms with Gasteiger partial charge in [0.05, 0.1) is 19.3 Å². The van der Waals surface area contributed by atoms with E-state index in [1.54, 1.807) is 45.4 Å². The van der Waals surface area contributed by atoms with Gasteiger partial charge >= 0.3 is 5.97 Å². The van der Waals surface area contributed by atoms with Gasteiger partial charge in [-0.3, -0.25) is 0 Å². The fourth-order valence-electron chi connectivity index (χ4n) is 1.27. The molecule has 4 heteroatoms. The maximum atomic E-state index is 11.7. The van der Waals surface area contributed by atoms with Crippen molar-refractivity contribution in [3.8, 4) is 5.75 Å². The van der Waals surface area contributed by atoms with Gasteiger partial charge in [-0.25, -0.2) is 4.79 Å². The predicted octanol–water partition coefficient (Wildman–Crippen LogP) is 1.89. The van der Waals surface area contributed by atoms with E-state index in [2.05, 4.69) is 0 Å². The van der Waals surface area contributed by atoms with Crippen LogP contribution >= 0.6 is 0 Å². The normalized spacial score (nSPS) is 11.9. The summed E-state index contributed by atoms with van der Waals surface area (Å²) < 4.78 is 15.1. The maximum Gasteiger partial charge on any atom is 0.338 e. The molecule has 0 spiro atoms. The van der Waals surface area contributed by atoms with Gasteiger partial charge < -0.3 is 14.2 Å². The predicted molar refractivity (Wildman–Crippen MR) is 59.7 cm³/mol. The molecule has 4 nitrogen and oxygen atoms in total. The highest BCUT2D eigenvalue weighted by molar-refractivity contribution is 5.89. The van der Waals surface area contributed by atoms with Crippen LogP contribution < -0.4 is 4.74 Å². The van der Waals surface area contributed by atoms with Crippen molar-refractivity contribution in [2.45, 2.75) is 13.0 Å². The lowest BCUT2D eigenvalue weighted by Crippen LogP contribution is -2.19. The minimum Gasteiger partial charge on any atom is -0.497 e. The number of ether oxygens (including phenoxy) is 3. The number of rotatable bonds is 5. The molecule has 0 aliphatic carbocycles. The average molecular weight is 224 g/mol. The van der Waals surface area contributed by atoms with Crippen molar-refractivity contribution in [2.24, 2.45) is 0 Å². The van der Waals surface area contributed by atoms with Crippen molar-refractivity contribution >= 4 is 5.97 Å². The van der Waals surface area contributed by atoms with Gasteiger partial charge in [-0.15, -0.1) is 0 Å². The van der Waals surface area contributed by atoms with Crippen LogP contribution in [0.3, 0.4) is 0 Å². The zero-order valence-electron chi connectivity index (χ0n) is 9.73. The third kappa shape index (κ3) is 3.55. The van der Waals surface area contributed by atoms with Crippen molar-refractivity contribution in [1.82, 2.24) is 0 Å². The van der Waals surface area contributed by atoms with E-state index in [-0.39, 0.29) is 12.1 Å². The van der Waals surface area contributed by atoms with E-state index >= 15 is 0 Å². The lowest BCUT2D eigenvalue weighted by Gasteiger charge is -2.12. The smallest absolute Gasteiger partial charge is 0.338 e. The Balaban J connectivity index is 2.65. The number of hydrogen-bond donors (Lipinski definition) is 0. The topological polar surface area (TPSA) is 44.8 Å². The van der Waals surface area contributed by atoms with Crippen LogP contribution in [-0.2, 0) is 9.47 Å². The third-order valence-electron chi connectivity index (χ3n) is 2.02. The van der Waals surface area contributed by atoms with Crippen LogP contribution in [-0.4, -0.2) is 32.9 Å². The molecule has 0 bridgehead atoms. The first kappa shape index (κ1) is 12.5. The van der Waals surface area contributed by atoms with Crippen LogP contribution in [0.2, 0.25) is 0 Å². The van der Waals surface area contributed by atoms with Gasteiger partial charge in [0.15, 0.2) is 0 Å². The molecule has 1 aromatic rings. The van der Waals surface area contributed by atoms with Gasteiger partial charge in [0, 0.05) is 7.11 Å². The van der Waals surface area contributed by atoms with Crippen LogP contribution in [0.5, 0.6) is 5.75 Å².